The van der Waals surface area contributed by atoms with Gasteiger partial charge in [0.25, 0.3) is 5.91 Å². The van der Waals surface area contributed by atoms with Gasteiger partial charge in [-0.1, -0.05) is 29.8 Å². The van der Waals surface area contributed by atoms with Crippen LogP contribution in [0.4, 0.5) is 5.00 Å². The number of hydrogen-bond donors (Lipinski definition) is 1. The van der Waals surface area contributed by atoms with Crippen molar-refractivity contribution in [1.29, 1.82) is 5.26 Å². The lowest BCUT2D eigenvalue weighted by molar-refractivity contribution is -0.152. The van der Waals surface area contributed by atoms with Crippen molar-refractivity contribution in [2.24, 2.45) is 0 Å². The number of benzene rings is 1. The van der Waals surface area contributed by atoms with Crippen LogP contribution in [0.5, 0.6) is 0 Å². The van der Waals surface area contributed by atoms with Crippen LogP contribution < -0.4 is 5.32 Å². The Morgan fingerprint density at radius 3 is 2.83 bits per heavy atom. The normalized spacial score (nSPS) is 11.3. The molecule has 23 heavy (non-hydrogen) atoms. The van der Waals surface area contributed by atoms with Gasteiger partial charge in [-0.25, -0.2) is 0 Å². The van der Waals surface area contributed by atoms with Crippen LogP contribution in [0.2, 0.25) is 5.02 Å². The maximum Gasteiger partial charge on any atom is 0.311 e. The van der Waals surface area contributed by atoms with Gasteiger partial charge in [0.15, 0.2) is 6.10 Å². The SMILES string of the molecule is C[C@@H](OC(=O)Cc1ccccc1Cl)C(=O)Nc1sccc1C#N. The highest BCUT2D eigenvalue weighted by atomic mass is 35.5. The lowest BCUT2D eigenvalue weighted by atomic mass is 10.1. The lowest BCUT2D eigenvalue weighted by Crippen LogP contribution is -2.30. The van der Waals surface area contributed by atoms with Crippen LogP contribution in [0.1, 0.15) is 18.1 Å². The zero-order chi connectivity index (χ0) is 16.8. The van der Waals surface area contributed by atoms with Crippen LogP contribution >= 0.6 is 22.9 Å². The van der Waals surface area contributed by atoms with E-state index in [2.05, 4.69) is 5.32 Å². The predicted molar refractivity (Wildman–Crippen MR) is 88.4 cm³/mol. The first-order valence-corrected chi connectivity index (χ1v) is 7.98. The second-order valence-corrected chi connectivity index (χ2v) is 5.99. The standard InChI is InChI=1S/C16H13ClN2O3S/c1-10(15(21)19-16-12(9-18)6-7-23-16)22-14(20)8-11-4-2-3-5-13(11)17/h2-7,10H,8H2,1H3,(H,19,21)/t10-/m1/s1. The minimum absolute atomic E-state index is 0.0141. The van der Waals surface area contributed by atoms with E-state index in [0.717, 1.165) is 0 Å². The van der Waals surface area contributed by atoms with Crippen LogP contribution in [0.15, 0.2) is 35.7 Å². The van der Waals surface area contributed by atoms with E-state index in [1.807, 2.05) is 6.07 Å². The van der Waals surface area contributed by atoms with Crippen molar-refractivity contribution in [1.82, 2.24) is 0 Å². The number of thiophene rings is 1. The number of rotatable bonds is 5. The fourth-order valence-electron chi connectivity index (χ4n) is 1.80. The summed E-state index contributed by atoms with van der Waals surface area (Å²) in [6.45, 7) is 1.47. The Kier molecular flexibility index (Phi) is 5.74. The number of anilines is 1. The number of hydrogen-bond acceptors (Lipinski definition) is 5. The summed E-state index contributed by atoms with van der Waals surface area (Å²) in [6.07, 6.45) is -0.988. The summed E-state index contributed by atoms with van der Waals surface area (Å²) in [6, 6.07) is 10.5. The predicted octanol–water partition coefficient (Wildman–Crippen LogP) is 3.39. The van der Waals surface area contributed by atoms with Crippen LogP contribution in [0, 0.1) is 11.3 Å². The molecule has 1 aromatic carbocycles. The number of amides is 1. The molecule has 1 heterocycles. The van der Waals surface area contributed by atoms with Gasteiger partial charge in [0.2, 0.25) is 0 Å². The van der Waals surface area contributed by atoms with E-state index in [0.29, 0.717) is 21.2 Å². The molecule has 0 saturated carbocycles. The van der Waals surface area contributed by atoms with Crippen LogP contribution in [0.3, 0.4) is 0 Å². The number of nitriles is 1. The van der Waals surface area contributed by atoms with Crippen molar-refractivity contribution in [2.75, 3.05) is 5.32 Å². The molecule has 1 atom stereocenters. The maximum atomic E-state index is 12.0. The molecule has 0 saturated heterocycles. The molecule has 0 radical (unpaired) electrons. The van der Waals surface area contributed by atoms with Crippen molar-refractivity contribution in [3.63, 3.8) is 0 Å². The van der Waals surface area contributed by atoms with Gasteiger partial charge in [-0.05, 0) is 30.0 Å². The third-order valence-electron chi connectivity index (χ3n) is 2.99. The molecule has 0 aliphatic carbocycles. The van der Waals surface area contributed by atoms with E-state index in [1.54, 1.807) is 35.7 Å². The topological polar surface area (TPSA) is 79.2 Å². The number of carbonyl (C=O) groups is 2. The third kappa shape index (κ3) is 4.55. The Bertz CT molecular complexity index is 767. The molecule has 2 rings (SSSR count). The van der Waals surface area contributed by atoms with Crippen LogP contribution in [-0.2, 0) is 20.7 Å². The first kappa shape index (κ1) is 17.0. The second-order valence-electron chi connectivity index (χ2n) is 4.66. The molecule has 0 spiro atoms. The smallest absolute Gasteiger partial charge is 0.311 e. The molecular weight excluding hydrogens is 336 g/mol. The molecule has 118 valence electrons. The summed E-state index contributed by atoms with van der Waals surface area (Å²) in [7, 11) is 0. The van der Waals surface area contributed by atoms with Gasteiger partial charge < -0.3 is 10.1 Å². The van der Waals surface area contributed by atoms with Gasteiger partial charge in [0, 0.05) is 5.02 Å². The minimum atomic E-state index is -0.973. The van der Waals surface area contributed by atoms with Gasteiger partial charge >= 0.3 is 5.97 Å². The largest absolute Gasteiger partial charge is 0.452 e. The Balaban J connectivity index is 1.92. The highest BCUT2D eigenvalue weighted by Gasteiger charge is 2.20. The average molecular weight is 349 g/mol. The first-order valence-electron chi connectivity index (χ1n) is 6.72. The molecule has 0 unspecified atom stereocenters. The summed E-state index contributed by atoms with van der Waals surface area (Å²) in [5.41, 5.74) is 1.01. The fourth-order valence-corrected chi connectivity index (χ4v) is 2.74. The summed E-state index contributed by atoms with van der Waals surface area (Å²) in [5.74, 6) is -1.04. The maximum absolute atomic E-state index is 12.0. The number of esters is 1. The van der Waals surface area contributed by atoms with E-state index in [9.17, 15) is 9.59 Å². The number of ether oxygens (including phenoxy) is 1. The molecule has 0 aliphatic heterocycles. The van der Waals surface area contributed by atoms with Gasteiger partial charge in [0.1, 0.15) is 11.1 Å². The van der Waals surface area contributed by atoms with Crippen molar-refractivity contribution in [2.45, 2.75) is 19.4 Å². The molecular formula is C16H13ClN2O3S. The van der Waals surface area contributed by atoms with Crippen molar-refractivity contribution >= 4 is 39.8 Å². The monoisotopic (exact) mass is 348 g/mol. The molecule has 1 amide bonds. The number of nitrogens with zero attached hydrogens (tertiary/aromatic N) is 1. The van der Waals surface area contributed by atoms with Gasteiger partial charge in [0.05, 0.1) is 12.0 Å². The molecule has 0 fully saturated rings. The molecule has 7 heteroatoms. The Hall–Kier alpha value is -2.36. The molecule has 0 aliphatic rings. The van der Waals surface area contributed by atoms with Crippen molar-refractivity contribution in [3.05, 3.63) is 51.9 Å². The molecule has 5 nitrogen and oxygen atoms in total. The van der Waals surface area contributed by atoms with Crippen molar-refractivity contribution < 1.29 is 14.3 Å². The summed E-state index contributed by atoms with van der Waals surface area (Å²) < 4.78 is 5.11. The summed E-state index contributed by atoms with van der Waals surface area (Å²) in [5, 5.41) is 14.1. The Labute approximate surface area is 142 Å². The molecule has 2 aromatic rings. The van der Waals surface area contributed by atoms with Gasteiger partial charge in [-0.2, -0.15) is 5.26 Å². The average Bonchev–Trinajstić information content (AvgIpc) is 2.96. The summed E-state index contributed by atoms with van der Waals surface area (Å²) in [4.78, 5) is 23.9. The Morgan fingerprint density at radius 1 is 1.39 bits per heavy atom. The van der Waals surface area contributed by atoms with Crippen LogP contribution in [0.25, 0.3) is 0 Å². The molecule has 1 aromatic heterocycles. The van der Waals surface area contributed by atoms with Crippen LogP contribution in [-0.4, -0.2) is 18.0 Å². The fraction of sp³-hybridized carbons (Fsp3) is 0.188. The van der Waals surface area contributed by atoms with Gasteiger partial charge in [-0.3, -0.25) is 9.59 Å². The number of nitrogens with one attached hydrogen (secondary N) is 1. The minimum Gasteiger partial charge on any atom is -0.452 e. The zero-order valence-electron chi connectivity index (χ0n) is 12.2. The van der Waals surface area contributed by atoms with E-state index >= 15 is 0 Å². The van der Waals surface area contributed by atoms with E-state index in [-0.39, 0.29) is 6.42 Å². The van der Waals surface area contributed by atoms with Crippen molar-refractivity contribution in [3.8, 4) is 6.07 Å². The summed E-state index contributed by atoms with van der Waals surface area (Å²) >= 11 is 7.21. The second kappa shape index (κ2) is 7.77. The van der Waals surface area contributed by atoms with Gasteiger partial charge in [-0.15, -0.1) is 11.3 Å². The van der Waals surface area contributed by atoms with E-state index < -0.39 is 18.0 Å². The van der Waals surface area contributed by atoms with E-state index in [4.69, 9.17) is 21.6 Å². The number of halogens is 1. The zero-order valence-corrected chi connectivity index (χ0v) is 13.8. The molecule has 1 N–H and O–H groups in total. The highest BCUT2D eigenvalue weighted by Crippen LogP contribution is 2.22. The molecule has 0 bridgehead atoms. The lowest BCUT2D eigenvalue weighted by Gasteiger charge is -2.13. The first-order chi connectivity index (χ1) is 11.0. The Morgan fingerprint density at radius 2 is 2.13 bits per heavy atom. The highest BCUT2D eigenvalue weighted by molar-refractivity contribution is 7.14. The third-order valence-corrected chi connectivity index (χ3v) is 4.19. The van der Waals surface area contributed by atoms with E-state index in [1.165, 1.54) is 18.3 Å². The number of carbonyl (C=O) groups excluding carboxylic acids is 2. The quantitative estimate of drug-likeness (QED) is 0.840.